The highest BCUT2D eigenvalue weighted by atomic mass is 16.2. The van der Waals surface area contributed by atoms with Crippen LogP contribution in [0.1, 0.15) is 36.2 Å². The Bertz CT molecular complexity index is 712. The summed E-state index contributed by atoms with van der Waals surface area (Å²) in [6, 6.07) is 10.5. The minimum atomic E-state index is -0.109. The van der Waals surface area contributed by atoms with E-state index >= 15 is 0 Å². The predicted molar refractivity (Wildman–Crippen MR) is 98.2 cm³/mol. The SMILES string of the molecule is Cc1c([C@H](C)NC(=O)N[C@@H]2CCN(Cc3ccccc3)C2)cnn1C. The van der Waals surface area contributed by atoms with Crippen molar-refractivity contribution in [3.63, 3.8) is 0 Å². The van der Waals surface area contributed by atoms with E-state index in [2.05, 4.69) is 44.9 Å². The van der Waals surface area contributed by atoms with E-state index in [-0.39, 0.29) is 18.1 Å². The standard InChI is InChI=1S/C19H27N5O/c1-14(18-11-20-23(3)15(18)2)21-19(25)22-17-9-10-24(13-17)12-16-7-5-4-6-8-16/h4-8,11,14,17H,9-10,12-13H2,1-3H3,(H2,21,22,25)/t14-,17+/m0/s1. The van der Waals surface area contributed by atoms with Crippen molar-refractivity contribution in [1.82, 2.24) is 25.3 Å². The molecule has 6 heteroatoms. The Morgan fingerprint density at radius 2 is 2.12 bits per heavy atom. The van der Waals surface area contributed by atoms with Gasteiger partial charge in [-0.1, -0.05) is 30.3 Å². The number of benzene rings is 1. The lowest BCUT2D eigenvalue weighted by Gasteiger charge is -2.19. The number of nitrogens with zero attached hydrogens (tertiary/aromatic N) is 3. The molecule has 0 spiro atoms. The summed E-state index contributed by atoms with van der Waals surface area (Å²) >= 11 is 0. The van der Waals surface area contributed by atoms with Crippen LogP contribution in [0.5, 0.6) is 0 Å². The van der Waals surface area contributed by atoms with Crippen molar-refractivity contribution in [2.24, 2.45) is 7.05 Å². The van der Waals surface area contributed by atoms with Crippen LogP contribution in [0.2, 0.25) is 0 Å². The normalized spacial score (nSPS) is 18.9. The summed E-state index contributed by atoms with van der Waals surface area (Å²) in [5, 5.41) is 10.4. The number of aromatic nitrogens is 2. The van der Waals surface area contributed by atoms with E-state index in [0.717, 1.165) is 37.3 Å². The van der Waals surface area contributed by atoms with E-state index in [0.29, 0.717) is 0 Å². The number of hydrogen-bond acceptors (Lipinski definition) is 3. The van der Waals surface area contributed by atoms with Crippen molar-refractivity contribution in [3.8, 4) is 0 Å². The Morgan fingerprint density at radius 3 is 2.80 bits per heavy atom. The van der Waals surface area contributed by atoms with Crippen LogP contribution in [0, 0.1) is 6.92 Å². The summed E-state index contributed by atoms with van der Waals surface area (Å²) in [5.74, 6) is 0. The van der Waals surface area contributed by atoms with Crippen molar-refractivity contribution in [2.45, 2.75) is 38.9 Å². The summed E-state index contributed by atoms with van der Waals surface area (Å²) < 4.78 is 1.82. The zero-order chi connectivity index (χ0) is 17.8. The van der Waals surface area contributed by atoms with E-state index in [9.17, 15) is 4.79 Å². The van der Waals surface area contributed by atoms with Gasteiger partial charge in [0, 0.05) is 44.0 Å². The van der Waals surface area contributed by atoms with Gasteiger partial charge in [0.2, 0.25) is 0 Å². The first-order valence-corrected chi connectivity index (χ1v) is 8.84. The van der Waals surface area contributed by atoms with Gasteiger partial charge in [-0.25, -0.2) is 4.79 Å². The number of urea groups is 1. The van der Waals surface area contributed by atoms with Gasteiger partial charge in [-0.15, -0.1) is 0 Å². The molecule has 25 heavy (non-hydrogen) atoms. The summed E-state index contributed by atoms with van der Waals surface area (Å²) in [5.41, 5.74) is 3.44. The first-order chi connectivity index (χ1) is 12.0. The predicted octanol–water partition coefficient (Wildman–Crippen LogP) is 2.36. The molecule has 2 aromatic rings. The number of nitrogens with one attached hydrogen (secondary N) is 2. The third-order valence-corrected chi connectivity index (χ3v) is 4.94. The van der Waals surface area contributed by atoms with Crippen molar-refractivity contribution in [3.05, 3.63) is 53.3 Å². The molecule has 2 amide bonds. The average Bonchev–Trinajstić information content (AvgIpc) is 3.15. The highest BCUT2D eigenvalue weighted by molar-refractivity contribution is 5.74. The molecule has 1 aliphatic rings. The van der Waals surface area contributed by atoms with Crippen LogP contribution >= 0.6 is 0 Å². The topological polar surface area (TPSA) is 62.2 Å². The highest BCUT2D eigenvalue weighted by Crippen LogP contribution is 2.16. The summed E-state index contributed by atoms with van der Waals surface area (Å²) in [4.78, 5) is 14.7. The number of likely N-dealkylation sites (tertiary alicyclic amines) is 1. The van der Waals surface area contributed by atoms with Gasteiger partial charge in [0.15, 0.2) is 0 Å². The molecule has 3 rings (SSSR count). The minimum absolute atomic E-state index is 0.0597. The second kappa shape index (κ2) is 7.70. The zero-order valence-corrected chi connectivity index (χ0v) is 15.2. The first kappa shape index (κ1) is 17.5. The molecule has 6 nitrogen and oxygen atoms in total. The van der Waals surface area contributed by atoms with Gasteiger partial charge in [-0.2, -0.15) is 5.10 Å². The van der Waals surface area contributed by atoms with Crippen molar-refractivity contribution < 1.29 is 4.79 Å². The summed E-state index contributed by atoms with van der Waals surface area (Å²) in [7, 11) is 1.91. The Labute approximate surface area is 149 Å². The van der Waals surface area contributed by atoms with E-state index in [1.807, 2.05) is 37.8 Å². The zero-order valence-electron chi connectivity index (χ0n) is 15.2. The van der Waals surface area contributed by atoms with E-state index in [1.54, 1.807) is 0 Å². The molecule has 2 N–H and O–H groups in total. The Morgan fingerprint density at radius 1 is 1.36 bits per heavy atom. The molecule has 1 aromatic carbocycles. The van der Waals surface area contributed by atoms with Crippen LogP contribution in [-0.2, 0) is 13.6 Å². The molecule has 1 aliphatic heterocycles. The van der Waals surface area contributed by atoms with Crippen LogP contribution in [0.15, 0.2) is 36.5 Å². The molecule has 134 valence electrons. The van der Waals surface area contributed by atoms with Gasteiger partial charge in [0.05, 0.1) is 12.2 Å². The second-order valence-corrected chi connectivity index (χ2v) is 6.85. The monoisotopic (exact) mass is 341 g/mol. The average molecular weight is 341 g/mol. The number of aryl methyl sites for hydroxylation is 1. The lowest BCUT2D eigenvalue weighted by Crippen LogP contribution is -2.44. The molecule has 0 bridgehead atoms. The van der Waals surface area contributed by atoms with Gasteiger partial charge in [0.1, 0.15) is 0 Å². The van der Waals surface area contributed by atoms with E-state index in [1.165, 1.54) is 5.56 Å². The van der Waals surface area contributed by atoms with E-state index in [4.69, 9.17) is 0 Å². The molecule has 1 fully saturated rings. The molecule has 0 radical (unpaired) electrons. The fourth-order valence-electron chi connectivity index (χ4n) is 3.38. The smallest absolute Gasteiger partial charge is 0.315 e. The van der Waals surface area contributed by atoms with Crippen molar-refractivity contribution in [1.29, 1.82) is 0 Å². The Kier molecular flexibility index (Phi) is 5.38. The molecular weight excluding hydrogens is 314 g/mol. The fourth-order valence-corrected chi connectivity index (χ4v) is 3.38. The number of rotatable bonds is 5. The molecule has 0 saturated carbocycles. The maximum absolute atomic E-state index is 12.3. The minimum Gasteiger partial charge on any atom is -0.334 e. The Balaban J connectivity index is 1.46. The van der Waals surface area contributed by atoms with Crippen LogP contribution in [0.3, 0.4) is 0 Å². The van der Waals surface area contributed by atoms with Gasteiger partial charge < -0.3 is 10.6 Å². The number of carbonyl (C=O) groups is 1. The summed E-state index contributed by atoms with van der Waals surface area (Å²) in [6.07, 6.45) is 2.80. The van der Waals surface area contributed by atoms with Crippen molar-refractivity contribution >= 4 is 6.03 Å². The quantitative estimate of drug-likeness (QED) is 0.878. The lowest BCUT2D eigenvalue weighted by molar-refractivity contribution is 0.233. The van der Waals surface area contributed by atoms with Gasteiger partial charge in [0.25, 0.3) is 0 Å². The summed E-state index contributed by atoms with van der Waals surface area (Å²) in [6.45, 7) is 6.84. The molecular formula is C19H27N5O. The van der Waals surface area contributed by atoms with Crippen LogP contribution < -0.4 is 10.6 Å². The molecule has 2 heterocycles. The second-order valence-electron chi connectivity index (χ2n) is 6.85. The largest absolute Gasteiger partial charge is 0.334 e. The third-order valence-electron chi connectivity index (χ3n) is 4.94. The number of amides is 2. The fraction of sp³-hybridized carbons (Fsp3) is 0.474. The van der Waals surface area contributed by atoms with Gasteiger partial charge in [-0.3, -0.25) is 9.58 Å². The molecule has 0 aliphatic carbocycles. The molecule has 1 aromatic heterocycles. The van der Waals surface area contributed by atoms with Gasteiger partial charge >= 0.3 is 6.03 Å². The third kappa shape index (κ3) is 4.39. The van der Waals surface area contributed by atoms with Gasteiger partial charge in [-0.05, 0) is 25.8 Å². The van der Waals surface area contributed by atoms with Crippen LogP contribution in [0.4, 0.5) is 4.79 Å². The van der Waals surface area contributed by atoms with E-state index < -0.39 is 0 Å². The maximum atomic E-state index is 12.3. The number of carbonyl (C=O) groups excluding carboxylic acids is 1. The van der Waals surface area contributed by atoms with Crippen LogP contribution in [-0.4, -0.2) is 39.8 Å². The van der Waals surface area contributed by atoms with Crippen molar-refractivity contribution in [2.75, 3.05) is 13.1 Å². The first-order valence-electron chi connectivity index (χ1n) is 8.84. The molecule has 2 atom stereocenters. The highest BCUT2D eigenvalue weighted by Gasteiger charge is 2.24. The molecule has 1 saturated heterocycles. The lowest BCUT2D eigenvalue weighted by atomic mass is 10.1. The Hall–Kier alpha value is -2.34. The molecule has 0 unspecified atom stereocenters. The number of hydrogen-bond donors (Lipinski definition) is 2. The van der Waals surface area contributed by atoms with Crippen LogP contribution in [0.25, 0.3) is 0 Å². The maximum Gasteiger partial charge on any atom is 0.315 e.